The number of sulfone groups is 1. The highest BCUT2D eigenvalue weighted by Gasteiger charge is 2.21. The molecule has 0 saturated heterocycles. The van der Waals surface area contributed by atoms with E-state index in [1.807, 2.05) is 6.42 Å². The van der Waals surface area contributed by atoms with Crippen LogP contribution in [0.5, 0.6) is 0 Å². The van der Waals surface area contributed by atoms with Gasteiger partial charge in [0.1, 0.15) is 0 Å². The second-order valence-electron chi connectivity index (χ2n) is 3.24. The molecular weight excluding hydrogens is 160 g/mol. The smallest absolute Gasteiger partial charge is 0.150 e. The number of rotatable bonds is 1. The first kappa shape index (κ1) is 9.04. The summed E-state index contributed by atoms with van der Waals surface area (Å²) >= 11 is 0. The van der Waals surface area contributed by atoms with Crippen LogP contribution in [0.4, 0.5) is 0 Å². The maximum Gasteiger partial charge on any atom is 0.150 e. The van der Waals surface area contributed by atoms with E-state index < -0.39 is 9.84 Å². The van der Waals surface area contributed by atoms with E-state index in [1.165, 1.54) is 12.7 Å². The van der Waals surface area contributed by atoms with Gasteiger partial charge in [0.2, 0.25) is 0 Å². The van der Waals surface area contributed by atoms with Crippen molar-refractivity contribution in [2.45, 2.75) is 37.4 Å². The molecule has 1 rings (SSSR count). The lowest BCUT2D eigenvalue weighted by molar-refractivity contribution is 0.584. The van der Waals surface area contributed by atoms with Gasteiger partial charge in [-0.25, -0.2) is 8.42 Å². The van der Waals surface area contributed by atoms with Crippen LogP contribution in [0, 0.1) is 6.42 Å². The highest BCUT2D eigenvalue weighted by atomic mass is 32.2. The van der Waals surface area contributed by atoms with Crippen molar-refractivity contribution < 1.29 is 8.42 Å². The Balaban J connectivity index is 2.57. The average molecular weight is 175 g/mol. The van der Waals surface area contributed by atoms with Gasteiger partial charge in [0, 0.05) is 6.26 Å². The minimum absolute atomic E-state index is 0.162. The molecule has 1 unspecified atom stereocenters. The lowest BCUT2D eigenvalue weighted by Crippen LogP contribution is -2.19. The summed E-state index contributed by atoms with van der Waals surface area (Å²) in [6, 6.07) is 0. The molecule has 1 fully saturated rings. The van der Waals surface area contributed by atoms with Crippen LogP contribution in [0.2, 0.25) is 0 Å². The van der Waals surface area contributed by atoms with Crippen LogP contribution in [0.25, 0.3) is 0 Å². The fourth-order valence-corrected chi connectivity index (χ4v) is 2.56. The van der Waals surface area contributed by atoms with Crippen LogP contribution in [0.3, 0.4) is 0 Å². The molecular formula is C8H15O2S. The molecule has 0 N–H and O–H groups in total. The topological polar surface area (TPSA) is 34.1 Å². The molecule has 0 bridgehead atoms. The second-order valence-corrected chi connectivity index (χ2v) is 5.51. The summed E-state index contributed by atoms with van der Waals surface area (Å²) in [4.78, 5) is 0. The lowest BCUT2D eigenvalue weighted by atomic mass is 10.2. The largest absolute Gasteiger partial charge is 0.229 e. The molecule has 0 aromatic carbocycles. The van der Waals surface area contributed by atoms with E-state index in [4.69, 9.17) is 0 Å². The Bertz CT molecular complexity index is 198. The predicted octanol–water partition coefficient (Wildman–Crippen LogP) is 1.57. The van der Waals surface area contributed by atoms with Gasteiger partial charge in [0.05, 0.1) is 5.25 Å². The maximum absolute atomic E-state index is 11.1. The van der Waals surface area contributed by atoms with E-state index in [0.29, 0.717) is 0 Å². The SMILES string of the molecule is CS(=O)(=O)C1[CH]CCCCC1. The molecule has 2 nitrogen and oxygen atoms in total. The Kier molecular flexibility index (Phi) is 2.93. The molecule has 0 aliphatic heterocycles. The third kappa shape index (κ3) is 2.81. The standard InChI is InChI=1S/C8H15O2S/c1-11(9,10)8-6-4-2-3-5-7-8/h6,8H,2-5,7H2,1H3. The third-order valence-corrected chi connectivity index (χ3v) is 3.70. The van der Waals surface area contributed by atoms with E-state index in [9.17, 15) is 8.42 Å². The molecule has 65 valence electrons. The van der Waals surface area contributed by atoms with Crippen molar-refractivity contribution >= 4 is 9.84 Å². The zero-order valence-electron chi connectivity index (χ0n) is 6.91. The zero-order chi connectivity index (χ0) is 8.32. The van der Waals surface area contributed by atoms with Crippen LogP contribution in [0.15, 0.2) is 0 Å². The van der Waals surface area contributed by atoms with Gasteiger partial charge >= 0.3 is 0 Å². The molecule has 1 radical (unpaired) electrons. The summed E-state index contributed by atoms with van der Waals surface area (Å²) in [5.74, 6) is 0. The van der Waals surface area contributed by atoms with Crippen LogP contribution < -0.4 is 0 Å². The van der Waals surface area contributed by atoms with Gasteiger partial charge in [-0.1, -0.05) is 19.3 Å². The predicted molar refractivity (Wildman–Crippen MR) is 46.0 cm³/mol. The molecule has 0 aromatic heterocycles. The normalized spacial score (nSPS) is 23.0. The first-order valence-corrected chi connectivity index (χ1v) is 6.08. The van der Waals surface area contributed by atoms with Gasteiger partial charge in [0.25, 0.3) is 0 Å². The Labute approximate surface area is 68.9 Å². The second kappa shape index (κ2) is 3.57. The van der Waals surface area contributed by atoms with E-state index >= 15 is 0 Å². The van der Waals surface area contributed by atoms with Gasteiger partial charge in [-0.2, -0.15) is 0 Å². The van der Waals surface area contributed by atoms with E-state index in [-0.39, 0.29) is 5.25 Å². The molecule has 0 heterocycles. The van der Waals surface area contributed by atoms with Crippen molar-refractivity contribution in [3.63, 3.8) is 0 Å². The monoisotopic (exact) mass is 175 g/mol. The summed E-state index contributed by atoms with van der Waals surface area (Å²) in [5, 5.41) is -0.162. The molecule has 1 aliphatic carbocycles. The van der Waals surface area contributed by atoms with Crippen molar-refractivity contribution in [2.75, 3.05) is 6.26 Å². The highest BCUT2D eigenvalue weighted by molar-refractivity contribution is 7.91. The van der Waals surface area contributed by atoms with E-state index in [2.05, 4.69) is 0 Å². The Morgan fingerprint density at radius 3 is 2.64 bits per heavy atom. The number of hydrogen-bond donors (Lipinski definition) is 0. The van der Waals surface area contributed by atoms with Crippen LogP contribution >= 0.6 is 0 Å². The minimum atomic E-state index is -2.80. The third-order valence-electron chi connectivity index (χ3n) is 2.17. The zero-order valence-corrected chi connectivity index (χ0v) is 7.73. The van der Waals surface area contributed by atoms with E-state index in [0.717, 1.165) is 25.7 Å². The summed E-state index contributed by atoms with van der Waals surface area (Å²) in [6.45, 7) is 0. The molecule has 1 atom stereocenters. The van der Waals surface area contributed by atoms with Crippen LogP contribution in [0.1, 0.15) is 32.1 Å². The summed E-state index contributed by atoms with van der Waals surface area (Å²) in [5.41, 5.74) is 0. The van der Waals surface area contributed by atoms with Crippen LogP contribution in [-0.4, -0.2) is 19.9 Å². The van der Waals surface area contributed by atoms with Crippen LogP contribution in [-0.2, 0) is 9.84 Å². The molecule has 0 spiro atoms. The number of hydrogen-bond acceptors (Lipinski definition) is 2. The molecule has 1 saturated carbocycles. The van der Waals surface area contributed by atoms with Gasteiger partial charge in [-0.3, -0.25) is 0 Å². The molecule has 11 heavy (non-hydrogen) atoms. The average Bonchev–Trinajstić information content (AvgIpc) is 2.10. The molecule has 1 aliphatic rings. The molecule has 3 heteroatoms. The Morgan fingerprint density at radius 2 is 2.00 bits per heavy atom. The van der Waals surface area contributed by atoms with Gasteiger partial charge in [-0.15, -0.1) is 0 Å². The quantitative estimate of drug-likeness (QED) is 0.567. The summed E-state index contributed by atoms with van der Waals surface area (Å²) < 4.78 is 22.2. The fourth-order valence-electron chi connectivity index (χ4n) is 1.48. The summed E-state index contributed by atoms with van der Waals surface area (Å²) in [7, 11) is -2.80. The maximum atomic E-state index is 11.1. The van der Waals surface area contributed by atoms with Crippen molar-refractivity contribution in [2.24, 2.45) is 0 Å². The van der Waals surface area contributed by atoms with Crippen molar-refractivity contribution in [3.05, 3.63) is 6.42 Å². The highest BCUT2D eigenvalue weighted by Crippen LogP contribution is 2.21. The van der Waals surface area contributed by atoms with Gasteiger partial charge < -0.3 is 0 Å². The summed E-state index contributed by atoms with van der Waals surface area (Å²) in [6.07, 6.45) is 8.50. The van der Waals surface area contributed by atoms with Gasteiger partial charge in [0.15, 0.2) is 9.84 Å². The fraction of sp³-hybridized carbons (Fsp3) is 0.875. The first-order chi connectivity index (χ1) is 5.11. The lowest BCUT2D eigenvalue weighted by Gasteiger charge is -2.09. The Morgan fingerprint density at radius 1 is 1.27 bits per heavy atom. The van der Waals surface area contributed by atoms with Crippen molar-refractivity contribution in [3.8, 4) is 0 Å². The first-order valence-electron chi connectivity index (χ1n) is 4.13. The van der Waals surface area contributed by atoms with Gasteiger partial charge in [-0.05, 0) is 19.3 Å². The molecule has 0 amide bonds. The minimum Gasteiger partial charge on any atom is -0.229 e. The van der Waals surface area contributed by atoms with Crippen molar-refractivity contribution in [1.82, 2.24) is 0 Å². The van der Waals surface area contributed by atoms with Crippen molar-refractivity contribution in [1.29, 1.82) is 0 Å². The molecule has 0 aromatic rings. The Hall–Kier alpha value is -0.0500. The van der Waals surface area contributed by atoms with E-state index in [1.54, 1.807) is 0 Å².